The van der Waals surface area contributed by atoms with Gasteiger partial charge in [-0.3, -0.25) is 4.79 Å². The van der Waals surface area contributed by atoms with Gasteiger partial charge >= 0.3 is 0 Å². The van der Waals surface area contributed by atoms with Crippen LogP contribution in [0.4, 0.5) is 0 Å². The summed E-state index contributed by atoms with van der Waals surface area (Å²) in [6.07, 6.45) is 2.11. The van der Waals surface area contributed by atoms with E-state index in [9.17, 15) is 4.79 Å². The predicted molar refractivity (Wildman–Crippen MR) is 93.5 cm³/mol. The highest BCUT2D eigenvalue weighted by Crippen LogP contribution is 2.28. The zero-order chi connectivity index (χ0) is 17.2. The van der Waals surface area contributed by atoms with Crippen molar-refractivity contribution in [1.82, 2.24) is 15.4 Å². The van der Waals surface area contributed by atoms with Crippen molar-refractivity contribution in [2.24, 2.45) is 11.8 Å². The number of hydrogen-bond acceptors (Lipinski definition) is 5. The van der Waals surface area contributed by atoms with Crippen molar-refractivity contribution in [2.45, 2.75) is 12.8 Å². The number of fused-ring (bicyclic) bond motifs is 1. The van der Waals surface area contributed by atoms with E-state index >= 15 is 0 Å². The van der Waals surface area contributed by atoms with Crippen LogP contribution in [-0.4, -0.2) is 49.3 Å². The third kappa shape index (κ3) is 3.26. The molecule has 1 amide bonds. The van der Waals surface area contributed by atoms with E-state index in [1.165, 1.54) is 0 Å². The van der Waals surface area contributed by atoms with Crippen LogP contribution in [0.15, 0.2) is 34.9 Å². The fraction of sp³-hybridized carbons (Fsp3) is 0.474. The van der Waals surface area contributed by atoms with Gasteiger partial charge in [0.05, 0.1) is 7.11 Å². The molecule has 3 heterocycles. The van der Waals surface area contributed by atoms with E-state index < -0.39 is 0 Å². The summed E-state index contributed by atoms with van der Waals surface area (Å²) < 4.78 is 10.6. The summed E-state index contributed by atoms with van der Waals surface area (Å²) >= 11 is 0. The highest BCUT2D eigenvalue weighted by Gasteiger charge is 2.32. The molecule has 2 aromatic rings. The van der Waals surface area contributed by atoms with Crippen LogP contribution in [0.2, 0.25) is 0 Å². The van der Waals surface area contributed by atoms with Gasteiger partial charge in [-0.1, -0.05) is 17.3 Å². The lowest BCUT2D eigenvalue weighted by atomic mass is 9.92. The van der Waals surface area contributed by atoms with Crippen LogP contribution < -0.4 is 10.1 Å². The molecule has 2 aliphatic rings. The zero-order valence-corrected chi connectivity index (χ0v) is 14.4. The maximum Gasteiger partial charge on any atom is 0.292 e. The zero-order valence-electron chi connectivity index (χ0n) is 14.4. The van der Waals surface area contributed by atoms with Crippen molar-refractivity contribution < 1.29 is 14.1 Å². The molecule has 0 radical (unpaired) electrons. The van der Waals surface area contributed by atoms with E-state index in [-0.39, 0.29) is 5.91 Å². The number of carbonyl (C=O) groups excluding carboxylic acids is 1. The van der Waals surface area contributed by atoms with Crippen LogP contribution in [-0.2, 0) is 0 Å². The standard InChI is InChI=1S/C19H23N3O3/c1-24-16-4-2-3-13(9-16)17-10-18(25-21-17)19(23)22-7-5-14-11-20-12-15(14)6-8-22/h2-4,9-10,14-15,20H,5-8,11-12H2,1H3/t14-,15+. The average Bonchev–Trinajstić information content (AvgIpc) is 3.27. The van der Waals surface area contributed by atoms with E-state index in [4.69, 9.17) is 9.26 Å². The minimum Gasteiger partial charge on any atom is -0.497 e. The second-order valence-corrected chi connectivity index (χ2v) is 6.86. The molecule has 6 heteroatoms. The molecule has 132 valence electrons. The Balaban J connectivity index is 1.48. The Bertz CT molecular complexity index is 744. The van der Waals surface area contributed by atoms with Crippen LogP contribution in [0.1, 0.15) is 23.4 Å². The van der Waals surface area contributed by atoms with Crippen molar-refractivity contribution in [3.63, 3.8) is 0 Å². The molecule has 0 unspecified atom stereocenters. The first-order valence-electron chi connectivity index (χ1n) is 8.86. The summed E-state index contributed by atoms with van der Waals surface area (Å²) in [7, 11) is 1.63. The quantitative estimate of drug-likeness (QED) is 0.929. The Labute approximate surface area is 147 Å². The lowest BCUT2D eigenvalue weighted by molar-refractivity contribution is 0.0716. The lowest BCUT2D eigenvalue weighted by Crippen LogP contribution is -2.32. The number of ether oxygens (including phenoxy) is 1. The molecule has 2 fully saturated rings. The summed E-state index contributed by atoms with van der Waals surface area (Å²) in [5.41, 5.74) is 1.52. The van der Waals surface area contributed by atoms with Crippen molar-refractivity contribution in [2.75, 3.05) is 33.3 Å². The van der Waals surface area contributed by atoms with Crippen LogP contribution in [0, 0.1) is 11.8 Å². The normalized spacial score (nSPS) is 23.2. The smallest absolute Gasteiger partial charge is 0.292 e. The Morgan fingerprint density at radius 3 is 2.72 bits per heavy atom. The second-order valence-electron chi connectivity index (χ2n) is 6.86. The Kier molecular flexibility index (Phi) is 4.44. The summed E-state index contributed by atoms with van der Waals surface area (Å²) in [5, 5.41) is 7.53. The minimum absolute atomic E-state index is 0.0606. The van der Waals surface area contributed by atoms with Gasteiger partial charge in [-0.15, -0.1) is 0 Å². The van der Waals surface area contributed by atoms with Crippen molar-refractivity contribution >= 4 is 5.91 Å². The van der Waals surface area contributed by atoms with Gasteiger partial charge in [-0.2, -0.15) is 0 Å². The Hall–Kier alpha value is -2.34. The van der Waals surface area contributed by atoms with Crippen LogP contribution in [0.3, 0.4) is 0 Å². The number of carbonyl (C=O) groups is 1. The SMILES string of the molecule is COc1cccc(-c2cc(C(=O)N3CC[C@@H]4CNC[C@@H]4CC3)on2)c1. The van der Waals surface area contributed by atoms with Gasteiger partial charge in [0.15, 0.2) is 0 Å². The number of amides is 1. The second kappa shape index (κ2) is 6.88. The van der Waals surface area contributed by atoms with Gasteiger partial charge in [-0.25, -0.2) is 0 Å². The van der Waals surface area contributed by atoms with Crippen molar-refractivity contribution in [1.29, 1.82) is 0 Å². The molecule has 2 saturated heterocycles. The molecule has 2 atom stereocenters. The molecule has 25 heavy (non-hydrogen) atoms. The third-order valence-electron chi connectivity index (χ3n) is 5.39. The van der Waals surface area contributed by atoms with Gasteiger partial charge < -0.3 is 19.5 Å². The molecule has 1 N–H and O–H groups in total. The topological polar surface area (TPSA) is 67.6 Å². The van der Waals surface area contributed by atoms with Gasteiger partial charge in [0.1, 0.15) is 11.4 Å². The van der Waals surface area contributed by atoms with E-state index in [1.807, 2.05) is 29.2 Å². The maximum atomic E-state index is 12.8. The van der Waals surface area contributed by atoms with Crippen molar-refractivity contribution in [3.8, 4) is 17.0 Å². The summed E-state index contributed by atoms with van der Waals surface area (Å²) in [4.78, 5) is 14.7. The molecule has 0 bridgehead atoms. The molecule has 0 spiro atoms. The summed E-state index contributed by atoms with van der Waals surface area (Å²) in [5.74, 6) is 2.39. The summed E-state index contributed by atoms with van der Waals surface area (Å²) in [6, 6.07) is 9.30. The molecular formula is C19H23N3O3. The number of benzene rings is 1. The number of hydrogen-bond donors (Lipinski definition) is 1. The predicted octanol–water partition coefficient (Wildman–Crippen LogP) is 2.42. The number of likely N-dealkylation sites (tertiary alicyclic amines) is 1. The number of nitrogens with one attached hydrogen (secondary N) is 1. The van der Waals surface area contributed by atoms with Crippen LogP contribution in [0.25, 0.3) is 11.3 Å². The largest absolute Gasteiger partial charge is 0.497 e. The number of aromatic nitrogens is 1. The molecular weight excluding hydrogens is 318 g/mol. The summed E-state index contributed by atoms with van der Waals surface area (Å²) in [6.45, 7) is 3.73. The highest BCUT2D eigenvalue weighted by molar-refractivity contribution is 5.92. The van der Waals surface area contributed by atoms with Gasteiger partial charge in [0.25, 0.3) is 5.91 Å². The average molecular weight is 341 g/mol. The fourth-order valence-electron chi connectivity index (χ4n) is 3.87. The van der Waals surface area contributed by atoms with E-state index in [2.05, 4.69) is 10.5 Å². The first kappa shape index (κ1) is 16.1. The Morgan fingerprint density at radius 2 is 2.00 bits per heavy atom. The van der Waals surface area contributed by atoms with Crippen LogP contribution in [0.5, 0.6) is 5.75 Å². The number of rotatable bonds is 3. The molecule has 4 rings (SSSR count). The Morgan fingerprint density at radius 1 is 1.24 bits per heavy atom. The molecule has 6 nitrogen and oxygen atoms in total. The van der Waals surface area contributed by atoms with Gasteiger partial charge in [0.2, 0.25) is 5.76 Å². The fourth-order valence-corrected chi connectivity index (χ4v) is 3.87. The lowest BCUT2D eigenvalue weighted by Gasteiger charge is -2.19. The van der Waals surface area contributed by atoms with E-state index in [1.54, 1.807) is 13.2 Å². The molecule has 1 aromatic heterocycles. The third-order valence-corrected chi connectivity index (χ3v) is 5.39. The van der Waals surface area contributed by atoms with E-state index in [0.717, 1.165) is 50.3 Å². The van der Waals surface area contributed by atoms with Crippen molar-refractivity contribution in [3.05, 3.63) is 36.1 Å². The van der Waals surface area contributed by atoms with E-state index in [0.29, 0.717) is 23.3 Å². The molecule has 2 aliphatic heterocycles. The molecule has 0 aliphatic carbocycles. The minimum atomic E-state index is -0.0606. The number of nitrogens with zero attached hydrogens (tertiary/aromatic N) is 2. The van der Waals surface area contributed by atoms with Crippen LogP contribution >= 0.6 is 0 Å². The highest BCUT2D eigenvalue weighted by atomic mass is 16.5. The first-order valence-corrected chi connectivity index (χ1v) is 8.86. The molecule has 0 saturated carbocycles. The monoisotopic (exact) mass is 341 g/mol. The maximum absolute atomic E-state index is 12.8. The van der Waals surface area contributed by atoms with Gasteiger partial charge in [0, 0.05) is 24.7 Å². The number of methoxy groups -OCH3 is 1. The molecule has 1 aromatic carbocycles. The van der Waals surface area contributed by atoms with Gasteiger partial charge in [-0.05, 0) is 49.9 Å². The first-order chi connectivity index (χ1) is 12.2.